The van der Waals surface area contributed by atoms with Gasteiger partial charge in [-0.25, -0.2) is 0 Å². The first kappa shape index (κ1) is 13.9. The van der Waals surface area contributed by atoms with Crippen LogP contribution in [0.2, 0.25) is 0 Å². The van der Waals surface area contributed by atoms with Crippen molar-refractivity contribution < 1.29 is 9.53 Å². The zero-order valence-corrected chi connectivity index (χ0v) is 11.8. The van der Waals surface area contributed by atoms with Gasteiger partial charge in [0.2, 0.25) is 0 Å². The second-order valence-corrected chi connectivity index (χ2v) is 5.24. The highest BCUT2D eigenvalue weighted by Gasteiger charge is 2.33. The van der Waals surface area contributed by atoms with Crippen LogP contribution in [-0.2, 0) is 16.0 Å². The predicted octanol–water partition coefficient (Wildman–Crippen LogP) is 3.39. The van der Waals surface area contributed by atoms with Crippen molar-refractivity contribution in [3.63, 3.8) is 0 Å². The molecule has 19 heavy (non-hydrogen) atoms. The molecule has 104 valence electrons. The lowest BCUT2D eigenvalue weighted by Crippen LogP contribution is -2.40. The molecule has 0 saturated carbocycles. The van der Waals surface area contributed by atoms with Crippen LogP contribution in [0.5, 0.6) is 0 Å². The van der Waals surface area contributed by atoms with Crippen molar-refractivity contribution in [1.29, 1.82) is 0 Å². The van der Waals surface area contributed by atoms with Crippen LogP contribution in [0.3, 0.4) is 0 Å². The van der Waals surface area contributed by atoms with E-state index in [2.05, 4.69) is 24.4 Å². The first-order valence-electron chi connectivity index (χ1n) is 7.18. The molecular weight excluding hydrogens is 238 g/mol. The Kier molecular flexibility index (Phi) is 4.83. The molecule has 1 aromatic rings. The highest BCUT2D eigenvalue weighted by Crippen LogP contribution is 2.31. The van der Waals surface area contributed by atoms with Gasteiger partial charge in [-0.1, -0.05) is 44.4 Å². The summed E-state index contributed by atoms with van der Waals surface area (Å²) in [6.45, 7) is 2.20. The summed E-state index contributed by atoms with van der Waals surface area (Å²) in [6, 6.07) is 8.43. The summed E-state index contributed by atoms with van der Waals surface area (Å²) in [7, 11) is 1.48. The van der Waals surface area contributed by atoms with Crippen LogP contribution in [0.4, 0.5) is 5.69 Å². The average molecular weight is 261 g/mol. The number of carbonyl (C=O) groups excluding carboxylic acids is 1. The number of methoxy groups -OCH3 is 1. The van der Waals surface area contributed by atoms with E-state index < -0.39 is 0 Å². The van der Waals surface area contributed by atoms with Gasteiger partial charge in [0.1, 0.15) is 0 Å². The molecule has 1 heterocycles. The number of fused-ring (bicyclic) bond motifs is 1. The van der Waals surface area contributed by atoms with Crippen LogP contribution in [0.25, 0.3) is 0 Å². The van der Waals surface area contributed by atoms with Gasteiger partial charge in [0.25, 0.3) is 0 Å². The number of anilines is 1. The van der Waals surface area contributed by atoms with E-state index in [4.69, 9.17) is 4.74 Å². The zero-order valence-electron chi connectivity index (χ0n) is 11.8. The Labute approximate surface area is 115 Å². The van der Waals surface area contributed by atoms with Gasteiger partial charge in [-0.05, 0) is 24.5 Å². The number of rotatable bonds is 5. The normalized spacial score (nSPS) is 21.4. The van der Waals surface area contributed by atoms with Crippen molar-refractivity contribution in [2.24, 2.45) is 5.92 Å². The van der Waals surface area contributed by atoms with Gasteiger partial charge >= 0.3 is 5.97 Å². The molecule has 0 radical (unpaired) electrons. The Balaban J connectivity index is 2.12. The lowest BCUT2D eigenvalue weighted by molar-refractivity contribution is -0.146. The van der Waals surface area contributed by atoms with Gasteiger partial charge < -0.3 is 10.1 Å². The van der Waals surface area contributed by atoms with Gasteiger partial charge in [-0.15, -0.1) is 0 Å². The van der Waals surface area contributed by atoms with Crippen LogP contribution in [0, 0.1) is 5.92 Å². The fraction of sp³-hybridized carbons (Fsp3) is 0.562. The number of para-hydroxylation sites is 1. The number of ether oxygens (including phenoxy) is 1. The molecular formula is C16H23NO2. The molecule has 0 bridgehead atoms. The van der Waals surface area contributed by atoms with Crippen LogP contribution < -0.4 is 5.32 Å². The van der Waals surface area contributed by atoms with Gasteiger partial charge in [-0.3, -0.25) is 4.79 Å². The first-order valence-corrected chi connectivity index (χ1v) is 7.18. The van der Waals surface area contributed by atoms with E-state index in [0.717, 1.165) is 19.3 Å². The minimum atomic E-state index is -0.0940. The third kappa shape index (κ3) is 3.28. The standard InChI is InChI=1S/C16H23NO2/c1-3-4-5-10-15-13(16(18)19-2)11-12-8-6-7-9-14(12)17-15/h6-9,13,15,17H,3-5,10-11H2,1-2H3/t13-,15+/m1/s1. The highest BCUT2D eigenvalue weighted by atomic mass is 16.5. The number of benzene rings is 1. The maximum atomic E-state index is 12.0. The van der Waals surface area contributed by atoms with Gasteiger partial charge in [0.05, 0.1) is 13.0 Å². The molecule has 1 N–H and O–H groups in total. The number of hydrogen-bond acceptors (Lipinski definition) is 3. The van der Waals surface area contributed by atoms with Crippen molar-refractivity contribution in [3.05, 3.63) is 29.8 Å². The zero-order chi connectivity index (χ0) is 13.7. The largest absolute Gasteiger partial charge is 0.469 e. The number of nitrogens with one attached hydrogen (secondary N) is 1. The van der Waals surface area contributed by atoms with Crippen molar-refractivity contribution >= 4 is 11.7 Å². The summed E-state index contributed by atoms with van der Waals surface area (Å²) < 4.78 is 4.96. The second-order valence-electron chi connectivity index (χ2n) is 5.24. The third-order valence-electron chi connectivity index (χ3n) is 3.91. The molecule has 0 amide bonds. The summed E-state index contributed by atoms with van der Waals surface area (Å²) >= 11 is 0. The van der Waals surface area contributed by atoms with Crippen LogP contribution >= 0.6 is 0 Å². The minimum Gasteiger partial charge on any atom is -0.469 e. The Morgan fingerprint density at radius 1 is 1.37 bits per heavy atom. The van der Waals surface area contributed by atoms with Crippen molar-refractivity contribution in [2.75, 3.05) is 12.4 Å². The maximum Gasteiger partial charge on any atom is 0.311 e. The van der Waals surface area contributed by atoms with Crippen LogP contribution in [0.1, 0.15) is 38.2 Å². The van der Waals surface area contributed by atoms with E-state index in [9.17, 15) is 4.79 Å². The molecule has 0 aliphatic carbocycles. The summed E-state index contributed by atoms with van der Waals surface area (Å²) in [5, 5.41) is 3.52. The van der Waals surface area contributed by atoms with Gasteiger partial charge in [0, 0.05) is 11.7 Å². The fourth-order valence-electron chi connectivity index (χ4n) is 2.81. The Bertz CT molecular complexity index is 431. The third-order valence-corrected chi connectivity index (χ3v) is 3.91. The summed E-state index contributed by atoms with van der Waals surface area (Å²) in [5.41, 5.74) is 2.38. The van der Waals surface area contributed by atoms with E-state index in [0.29, 0.717) is 0 Å². The van der Waals surface area contributed by atoms with E-state index in [1.54, 1.807) is 0 Å². The average Bonchev–Trinajstić information content (AvgIpc) is 2.46. The number of hydrogen-bond donors (Lipinski definition) is 1. The molecule has 3 nitrogen and oxygen atoms in total. The van der Waals surface area contributed by atoms with E-state index in [1.807, 2.05) is 12.1 Å². The minimum absolute atomic E-state index is 0.0586. The SMILES string of the molecule is CCCCC[C@@H]1Nc2ccccc2C[C@H]1C(=O)OC. The maximum absolute atomic E-state index is 12.0. The van der Waals surface area contributed by atoms with Crippen LogP contribution in [0.15, 0.2) is 24.3 Å². The molecule has 2 rings (SSSR count). The van der Waals surface area contributed by atoms with E-state index in [1.165, 1.54) is 31.2 Å². The smallest absolute Gasteiger partial charge is 0.311 e. The predicted molar refractivity (Wildman–Crippen MR) is 77.2 cm³/mol. The molecule has 0 unspecified atom stereocenters. The van der Waals surface area contributed by atoms with Crippen molar-refractivity contribution in [3.8, 4) is 0 Å². The van der Waals surface area contributed by atoms with Gasteiger partial charge in [-0.2, -0.15) is 0 Å². The number of carbonyl (C=O) groups is 1. The molecule has 3 heteroatoms. The molecule has 1 aromatic carbocycles. The second kappa shape index (κ2) is 6.60. The quantitative estimate of drug-likeness (QED) is 0.652. The Morgan fingerprint density at radius 2 is 2.16 bits per heavy atom. The molecule has 0 spiro atoms. The highest BCUT2D eigenvalue weighted by molar-refractivity contribution is 5.76. The molecule has 0 fully saturated rings. The summed E-state index contributed by atoms with van der Waals surface area (Å²) in [6.07, 6.45) is 5.39. The lowest BCUT2D eigenvalue weighted by Gasteiger charge is -2.33. The summed E-state index contributed by atoms with van der Waals surface area (Å²) in [5.74, 6) is -0.153. The van der Waals surface area contributed by atoms with E-state index >= 15 is 0 Å². The monoisotopic (exact) mass is 261 g/mol. The molecule has 0 aromatic heterocycles. The van der Waals surface area contributed by atoms with Crippen LogP contribution in [-0.4, -0.2) is 19.1 Å². The van der Waals surface area contributed by atoms with Crippen molar-refractivity contribution in [2.45, 2.75) is 45.1 Å². The molecule has 0 saturated heterocycles. The Hall–Kier alpha value is -1.51. The molecule has 1 aliphatic heterocycles. The molecule has 2 atom stereocenters. The number of unbranched alkanes of at least 4 members (excludes halogenated alkanes) is 2. The Morgan fingerprint density at radius 3 is 2.89 bits per heavy atom. The number of esters is 1. The fourth-order valence-corrected chi connectivity index (χ4v) is 2.81. The van der Waals surface area contributed by atoms with Crippen molar-refractivity contribution in [1.82, 2.24) is 0 Å². The van der Waals surface area contributed by atoms with E-state index in [-0.39, 0.29) is 17.9 Å². The van der Waals surface area contributed by atoms with Gasteiger partial charge in [0.15, 0.2) is 0 Å². The summed E-state index contributed by atoms with van der Waals surface area (Å²) in [4.78, 5) is 12.0. The lowest BCUT2D eigenvalue weighted by atomic mass is 9.84. The first-order chi connectivity index (χ1) is 9.26. The topological polar surface area (TPSA) is 38.3 Å². The molecule has 1 aliphatic rings.